The number of halogens is 3. The minimum atomic E-state index is -1.18. The van der Waals surface area contributed by atoms with Crippen molar-refractivity contribution in [3.05, 3.63) is 58.6 Å². The van der Waals surface area contributed by atoms with Gasteiger partial charge in [-0.05, 0) is 35.9 Å². The summed E-state index contributed by atoms with van der Waals surface area (Å²) in [7, 11) is 1.53. The molecule has 0 aliphatic carbocycles. The second-order valence-electron chi connectivity index (χ2n) is 5.02. The smallest absolute Gasteiger partial charge is 0.257 e. The summed E-state index contributed by atoms with van der Waals surface area (Å²) in [6.45, 7) is 0.296. The van der Waals surface area contributed by atoms with Crippen molar-refractivity contribution in [3.8, 4) is 5.75 Å². The standard InChI is InChI=1S/C17H15Cl3N2O3/c1-25-14-6-5-10(7-13(14)18)9-21-16(23)11-3-2-4-12(8-11)22-17(24)15(19)20/h2-8,15H,9H2,1H3,(H,21,23)(H,22,24). The normalized spacial score (nSPS) is 10.4. The number of nitrogens with one attached hydrogen (secondary N) is 2. The molecule has 5 nitrogen and oxygen atoms in total. The zero-order valence-corrected chi connectivity index (χ0v) is 15.5. The van der Waals surface area contributed by atoms with E-state index in [0.29, 0.717) is 28.6 Å². The van der Waals surface area contributed by atoms with Crippen LogP contribution in [0, 0.1) is 0 Å². The predicted molar refractivity (Wildman–Crippen MR) is 99.7 cm³/mol. The Balaban J connectivity index is 2.01. The van der Waals surface area contributed by atoms with Crippen molar-refractivity contribution in [2.24, 2.45) is 0 Å². The topological polar surface area (TPSA) is 67.4 Å². The first-order chi connectivity index (χ1) is 11.9. The molecule has 8 heteroatoms. The second-order valence-corrected chi connectivity index (χ2v) is 6.53. The summed E-state index contributed by atoms with van der Waals surface area (Å²) < 4.78 is 5.08. The van der Waals surface area contributed by atoms with Crippen LogP contribution in [0.15, 0.2) is 42.5 Å². The molecule has 0 fully saturated rings. The minimum Gasteiger partial charge on any atom is -0.495 e. The highest BCUT2D eigenvalue weighted by atomic mass is 35.5. The lowest BCUT2D eigenvalue weighted by atomic mass is 10.1. The number of ether oxygens (including phenoxy) is 1. The van der Waals surface area contributed by atoms with Crippen LogP contribution in [0.25, 0.3) is 0 Å². The van der Waals surface area contributed by atoms with Crippen LogP contribution >= 0.6 is 34.8 Å². The minimum absolute atomic E-state index is 0.295. The van der Waals surface area contributed by atoms with Gasteiger partial charge in [0.05, 0.1) is 12.1 Å². The molecular weight excluding hydrogens is 387 g/mol. The molecule has 2 N–H and O–H groups in total. The zero-order valence-electron chi connectivity index (χ0n) is 13.2. The largest absolute Gasteiger partial charge is 0.495 e. The van der Waals surface area contributed by atoms with E-state index in [0.717, 1.165) is 5.56 Å². The number of hydrogen-bond donors (Lipinski definition) is 2. The van der Waals surface area contributed by atoms with Gasteiger partial charge in [-0.25, -0.2) is 0 Å². The Hall–Kier alpha value is -1.95. The number of methoxy groups -OCH3 is 1. The van der Waals surface area contributed by atoms with Crippen LogP contribution < -0.4 is 15.4 Å². The molecule has 2 aromatic rings. The Morgan fingerprint density at radius 1 is 1.16 bits per heavy atom. The Bertz CT molecular complexity index is 781. The average Bonchev–Trinajstić information content (AvgIpc) is 2.60. The van der Waals surface area contributed by atoms with Gasteiger partial charge in [-0.15, -0.1) is 0 Å². The molecule has 132 valence electrons. The van der Waals surface area contributed by atoms with Crippen LogP contribution in [0.3, 0.4) is 0 Å². The third-order valence-electron chi connectivity index (χ3n) is 3.26. The molecule has 0 unspecified atom stereocenters. The van der Waals surface area contributed by atoms with Gasteiger partial charge in [0.25, 0.3) is 11.8 Å². The molecule has 2 rings (SSSR count). The van der Waals surface area contributed by atoms with Crippen LogP contribution in [0.5, 0.6) is 5.75 Å². The van der Waals surface area contributed by atoms with Gasteiger partial charge in [-0.3, -0.25) is 9.59 Å². The predicted octanol–water partition coefficient (Wildman–Crippen LogP) is 4.02. The fourth-order valence-corrected chi connectivity index (χ4v) is 2.43. The fourth-order valence-electron chi connectivity index (χ4n) is 2.04. The summed E-state index contributed by atoms with van der Waals surface area (Å²) in [5.74, 6) is -0.290. The van der Waals surface area contributed by atoms with Crippen molar-refractivity contribution in [1.82, 2.24) is 5.32 Å². The number of alkyl halides is 2. The highest BCUT2D eigenvalue weighted by Gasteiger charge is 2.13. The molecule has 0 atom stereocenters. The Morgan fingerprint density at radius 3 is 2.56 bits per heavy atom. The molecule has 0 aromatic heterocycles. The first-order valence-corrected chi connectivity index (χ1v) is 8.45. The Kier molecular flexibility index (Phi) is 6.93. The van der Waals surface area contributed by atoms with E-state index in [2.05, 4.69) is 10.6 Å². The van der Waals surface area contributed by atoms with Crippen LogP contribution in [0.2, 0.25) is 5.02 Å². The SMILES string of the molecule is COc1ccc(CNC(=O)c2cccc(NC(=O)C(Cl)Cl)c2)cc1Cl. The second kappa shape index (κ2) is 8.94. The van der Waals surface area contributed by atoms with Crippen LogP contribution in [-0.4, -0.2) is 23.8 Å². The molecule has 0 radical (unpaired) electrons. The van der Waals surface area contributed by atoms with Crippen LogP contribution in [0.4, 0.5) is 5.69 Å². The highest BCUT2D eigenvalue weighted by Crippen LogP contribution is 2.24. The number of anilines is 1. The van der Waals surface area contributed by atoms with E-state index in [1.165, 1.54) is 13.2 Å². The summed E-state index contributed by atoms with van der Waals surface area (Å²) in [5.41, 5.74) is 1.64. The van der Waals surface area contributed by atoms with Gasteiger partial charge in [0, 0.05) is 17.8 Å². The third-order valence-corrected chi connectivity index (χ3v) is 3.95. The van der Waals surface area contributed by atoms with Crippen LogP contribution in [-0.2, 0) is 11.3 Å². The van der Waals surface area contributed by atoms with Gasteiger partial charge in [-0.1, -0.05) is 46.9 Å². The van der Waals surface area contributed by atoms with Gasteiger partial charge in [0.1, 0.15) is 5.75 Å². The van der Waals surface area contributed by atoms with E-state index in [9.17, 15) is 9.59 Å². The van der Waals surface area contributed by atoms with Crippen LogP contribution in [0.1, 0.15) is 15.9 Å². The van der Waals surface area contributed by atoms with Gasteiger partial charge in [0.15, 0.2) is 4.84 Å². The van der Waals surface area contributed by atoms with Crippen molar-refractivity contribution in [2.45, 2.75) is 11.4 Å². The quantitative estimate of drug-likeness (QED) is 0.718. The summed E-state index contributed by atoms with van der Waals surface area (Å²) >= 11 is 17.0. The lowest BCUT2D eigenvalue weighted by Gasteiger charge is -2.10. The van der Waals surface area contributed by atoms with E-state index in [-0.39, 0.29) is 5.91 Å². The van der Waals surface area contributed by atoms with E-state index in [4.69, 9.17) is 39.5 Å². The number of carbonyl (C=O) groups excluding carboxylic acids is 2. The zero-order chi connectivity index (χ0) is 18.4. The van der Waals surface area contributed by atoms with Crippen molar-refractivity contribution in [1.29, 1.82) is 0 Å². The van der Waals surface area contributed by atoms with Crippen molar-refractivity contribution in [3.63, 3.8) is 0 Å². The van der Waals surface area contributed by atoms with Gasteiger partial charge in [0.2, 0.25) is 0 Å². The molecule has 0 saturated carbocycles. The average molecular weight is 402 g/mol. The van der Waals surface area contributed by atoms with Gasteiger partial charge >= 0.3 is 0 Å². The molecule has 2 aromatic carbocycles. The molecular formula is C17H15Cl3N2O3. The summed E-state index contributed by atoms with van der Waals surface area (Å²) in [6, 6.07) is 11.7. The maximum Gasteiger partial charge on any atom is 0.257 e. The number of amides is 2. The van der Waals surface area contributed by atoms with Crippen molar-refractivity contribution >= 4 is 52.3 Å². The lowest BCUT2D eigenvalue weighted by molar-refractivity contribution is -0.114. The fraction of sp³-hybridized carbons (Fsp3) is 0.176. The van der Waals surface area contributed by atoms with E-state index in [1.807, 2.05) is 6.07 Å². The van der Waals surface area contributed by atoms with E-state index < -0.39 is 10.7 Å². The monoisotopic (exact) mass is 400 g/mol. The maximum atomic E-state index is 12.3. The Labute approximate surface area is 160 Å². The van der Waals surface area contributed by atoms with Crippen molar-refractivity contribution in [2.75, 3.05) is 12.4 Å². The molecule has 0 spiro atoms. The van der Waals surface area contributed by atoms with E-state index in [1.54, 1.807) is 30.3 Å². The van der Waals surface area contributed by atoms with Crippen molar-refractivity contribution < 1.29 is 14.3 Å². The first kappa shape index (κ1) is 19.4. The molecule has 0 aliphatic heterocycles. The van der Waals surface area contributed by atoms with Gasteiger partial charge < -0.3 is 15.4 Å². The number of hydrogen-bond acceptors (Lipinski definition) is 3. The maximum absolute atomic E-state index is 12.3. The number of benzene rings is 2. The van der Waals surface area contributed by atoms with E-state index >= 15 is 0 Å². The number of carbonyl (C=O) groups is 2. The third kappa shape index (κ3) is 5.53. The molecule has 0 bridgehead atoms. The molecule has 0 aliphatic rings. The summed E-state index contributed by atoms with van der Waals surface area (Å²) in [6.07, 6.45) is 0. The Morgan fingerprint density at radius 2 is 1.92 bits per heavy atom. The van der Waals surface area contributed by atoms with Gasteiger partial charge in [-0.2, -0.15) is 0 Å². The summed E-state index contributed by atoms with van der Waals surface area (Å²) in [5, 5.41) is 5.76. The number of rotatable bonds is 6. The molecule has 25 heavy (non-hydrogen) atoms. The highest BCUT2D eigenvalue weighted by molar-refractivity contribution is 6.54. The summed E-state index contributed by atoms with van der Waals surface area (Å²) in [4.78, 5) is 22.6. The molecule has 0 heterocycles. The lowest BCUT2D eigenvalue weighted by Crippen LogP contribution is -2.23. The molecule has 2 amide bonds. The first-order valence-electron chi connectivity index (χ1n) is 7.20. The molecule has 0 saturated heterocycles.